The van der Waals surface area contributed by atoms with Gasteiger partial charge in [0.15, 0.2) is 0 Å². The van der Waals surface area contributed by atoms with Crippen molar-refractivity contribution in [1.82, 2.24) is 25.1 Å². The third-order valence-electron chi connectivity index (χ3n) is 4.08. The highest BCUT2D eigenvalue weighted by atomic mass is 16.2. The largest absolute Gasteiger partial charge is 0.352 e. The van der Waals surface area contributed by atoms with Gasteiger partial charge in [-0.3, -0.25) is 14.4 Å². The van der Waals surface area contributed by atoms with Crippen molar-refractivity contribution in [3.8, 4) is 0 Å². The molecule has 0 spiro atoms. The van der Waals surface area contributed by atoms with Gasteiger partial charge in [-0.05, 0) is 19.3 Å². The Kier molecular flexibility index (Phi) is 9.11. The fourth-order valence-corrected chi connectivity index (χ4v) is 2.53. The summed E-state index contributed by atoms with van der Waals surface area (Å²) in [6.45, 7) is 6.99. The molecule has 0 saturated carbocycles. The molecule has 3 amide bonds. The number of rotatable bonds is 11. The summed E-state index contributed by atoms with van der Waals surface area (Å²) in [6.07, 6.45) is 8.45. The molecule has 144 valence electrons. The van der Waals surface area contributed by atoms with Gasteiger partial charge in [0, 0.05) is 38.1 Å². The Balaban J connectivity index is 2.56. The summed E-state index contributed by atoms with van der Waals surface area (Å²) >= 11 is 0. The van der Waals surface area contributed by atoms with Gasteiger partial charge in [0.05, 0.1) is 18.9 Å². The number of carbonyl (C=O) groups excluding carboxylic acids is 3. The van der Waals surface area contributed by atoms with Crippen LogP contribution in [0.2, 0.25) is 0 Å². The first kappa shape index (κ1) is 21.4. The summed E-state index contributed by atoms with van der Waals surface area (Å²) < 4.78 is 1.96. The lowest BCUT2D eigenvalue weighted by atomic mass is 10.00. The van der Waals surface area contributed by atoms with Gasteiger partial charge in [-0.1, -0.05) is 19.9 Å². The first-order chi connectivity index (χ1) is 12.4. The Hall–Kier alpha value is -2.64. The maximum absolute atomic E-state index is 12.3. The fourth-order valence-electron chi connectivity index (χ4n) is 2.53. The average molecular weight is 363 g/mol. The number of likely N-dealkylation sites (N-methyl/N-ethyl adjacent to an activating group) is 1. The summed E-state index contributed by atoms with van der Waals surface area (Å²) in [7, 11) is 1.67. The smallest absolute Gasteiger partial charge is 0.246 e. The third kappa shape index (κ3) is 7.08. The molecule has 0 aliphatic rings. The summed E-state index contributed by atoms with van der Waals surface area (Å²) in [5.41, 5.74) is 0.564. The molecule has 1 atom stereocenters. The number of hydrogen-bond donors (Lipinski definition) is 2. The van der Waals surface area contributed by atoms with Crippen molar-refractivity contribution in [3.05, 3.63) is 30.4 Å². The number of hydrogen-bond acceptors (Lipinski definition) is 4. The second-order valence-corrected chi connectivity index (χ2v) is 6.50. The molecule has 26 heavy (non-hydrogen) atoms. The molecule has 1 heterocycles. The first-order valence-electron chi connectivity index (χ1n) is 8.71. The van der Waals surface area contributed by atoms with Crippen LogP contribution in [0.4, 0.5) is 0 Å². The highest BCUT2D eigenvalue weighted by Gasteiger charge is 2.22. The standard InChI is InChI=1S/C18H29N5O3/c1-14(2)16(22(4)17(25)11-20-13-24)10-15(3)18(26)21-6-5-8-23-9-7-19-12-23/h7,9-10,12-14,16H,5-6,8,11H2,1-4H3,(H,20,24)(H,21,26)/b15-10+/t16-/m1/s1. The molecule has 1 aromatic heterocycles. The van der Waals surface area contributed by atoms with Crippen LogP contribution in [0.3, 0.4) is 0 Å². The molecule has 0 bridgehead atoms. The minimum atomic E-state index is -0.229. The quantitative estimate of drug-likeness (QED) is 0.341. The van der Waals surface area contributed by atoms with Crippen LogP contribution in [0.15, 0.2) is 30.4 Å². The maximum Gasteiger partial charge on any atom is 0.246 e. The van der Waals surface area contributed by atoms with E-state index in [0.29, 0.717) is 18.5 Å². The molecule has 8 heteroatoms. The van der Waals surface area contributed by atoms with Gasteiger partial charge in [0.1, 0.15) is 0 Å². The minimum absolute atomic E-state index is 0.0590. The van der Waals surface area contributed by atoms with Crippen LogP contribution >= 0.6 is 0 Å². The van der Waals surface area contributed by atoms with Crippen molar-refractivity contribution in [2.45, 2.75) is 39.8 Å². The van der Waals surface area contributed by atoms with E-state index in [9.17, 15) is 14.4 Å². The summed E-state index contributed by atoms with van der Waals surface area (Å²) in [6, 6.07) is -0.229. The molecule has 1 rings (SSSR count). The molecule has 0 aliphatic heterocycles. The SMILES string of the molecule is C/C(=C\[C@H](C(C)C)N(C)C(=O)CNC=O)C(=O)NCCCn1ccnc1. The zero-order valence-corrected chi connectivity index (χ0v) is 15.9. The highest BCUT2D eigenvalue weighted by Crippen LogP contribution is 2.13. The second kappa shape index (κ2) is 11.1. The molecule has 0 fully saturated rings. The van der Waals surface area contributed by atoms with Crippen molar-refractivity contribution in [2.75, 3.05) is 20.1 Å². The Morgan fingerprint density at radius 3 is 2.65 bits per heavy atom. The van der Waals surface area contributed by atoms with Crippen molar-refractivity contribution < 1.29 is 14.4 Å². The number of aromatic nitrogens is 2. The molecular weight excluding hydrogens is 334 g/mol. The third-order valence-corrected chi connectivity index (χ3v) is 4.08. The van der Waals surface area contributed by atoms with E-state index >= 15 is 0 Å². The average Bonchev–Trinajstić information content (AvgIpc) is 3.13. The Morgan fingerprint density at radius 2 is 2.08 bits per heavy atom. The zero-order valence-electron chi connectivity index (χ0n) is 15.9. The van der Waals surface area contributed by atoms with Gasteiger partial charge < -0.3 is 20.1 Å². The van der Waals surface area contributed by atoms with Crippen molar-refractivity contribution >= 4 is 18.2 Å². The number of carbonyl (C=O) groups is 3. The monoisotopic (exact) mass is 363 g/mol. The molecule has 0 unspecified atom stereocenters. The molecule has 1 aromatic rings. The van der Waals surface area contributed by atoms with Gasteiger partial charge in [0.2, 0.25) is 18.2 Å². The number of nitrogens with one attached hydrogen (secondary N) is 2. The fraction of sp³-hybridized carbons (Fsp3) is 0.556. The molecule has 0 aliphatic carbocycles. The van der Waals surface area contributed by atoms with Crippen LogP contribution in [-0.4, -0.2) is 58.9 Å². The van der Waals surface area contributed by atoms with Crippen molar-refractivity contribution in [1.29, 1.82) is 0 Å². The molecule has 2 N–H and O–H groups in total. The van der Waals surface area contributed by atoms with Crippen LogP contribution in [0.25, 0.3) is 0 Å². The molecule has 0 saturated heterocycles. The topological polar surface area (TPSA) is 96.3 Å². The maximum atomic E-state index is 12.3. The number of amides is 3. The van der Waals surface area contributed by atoms with Crippen LogP contribution in [-0.2, 0) is 20.9 Å². The summed E-state index contributed by atoms with van der Waals surface area (Å²) in [5, 5.41) is 5.26. The predicted molar refractivity (Wildman–Crippen MR) is 99.1 cm³/mol. The van der Waals surface area contributed by atoms with E-state index < -0.39 is 0 Å². The molecular formula is C18H29N5O3. The van der Waals surface area contributed by atoms with E-state index in [4.69, 9.17) is 0 Å². The predicted octanol–water partition coefficient (Wildman–Crippen LogP) is 0.565. The second-order valence-electron chi connectivity index (χ2n) is 6.50. The normalized spacial score (nSPS) is 12.6. The highest BCUT2D eigenvalue weighted by molar-refractivity contribution is 5.93. The number of aryl methyl sites for hydroxylation is 1. The van der Waals surface area contributed by atoms with E-state index in [2.05, 4.69) is 15.6 Å². The number of imidazole rings is 1. The van der Waals surface area contributed by atoms with Crippen LogP contribution in [0.5, 0.6) is 0 Å². The van der Waals surface area contributed by atoms with Gasteiger partial charge >= 0.3 is 0 Å². The lowest BCUT2D eigenvalue weighted by Gasteiger charge is -2.29. The van der Waals surface area contributed by atoms with Gasteiger partial charge in [0.25, 0.3) is 0 Å². The van der Waals surface area contributed by atoms with E-state index in [-0.39, 0.29) is 30.3 Å². The first-order valence-corrected chi connectivity index (χ1v) is 8.71. The molecule has 0 radical (unpaired) electrons. The zero-order chi connectivity index (χ0) is 19.5. The van der Waals surface area contributed by atoms with E-state index in [0.717, 1.165) is 13.0 Å². The Morgan fingerprint density at radius 1 is 1.35 bits per heavy atom. The Labute approximate surface area is 154 Å². The van der Waals surface area contributed by atoms with Crippen molar-refractivity contribution in [3.63, 3.8) is 0 Å². The van der Waals surface area contributed by atoms with E-state index in [1.165, 1.54) is 0 Å². The number of nitrogens with zero attached hydrogens (tertiary/aromatic N) is 3. The van der Waals surface area contributed by atoms with Gasteiger partial charge in [-0.25, -0.2) is 4.98 Å². The minimum Gasteiger partial charge on any atom is -0.352 e. The van der Waals surface area contributed by atoms with Gasteiger partial charge in [-0.15, -0.1) is 0 Å². The van der Waals surface area contributed by atoms with Crippen molar-refractivity contribution in [2.24, 2.45) is 5.92 Å². The molecule has 8 nitrogen and oxygen atoms in total. The van der Waals surface area contributed by atoms with Gasteiger partial charge in [-0.2, -0.15) is 0 Å². The van der Waals surface area contributed by atoms with E-state index in [1.807, 2.05) is 24.6 Å². The summed E-state index contributed by atoms with van der Waals surface area (Å²) in [4.78, 5) is 40.2. The lowest BCUT2D eigenvalue weighted by molar-refractivity contribution is -0.132. The Bertz CT molecular complexity index is 610. The lowest BCUT2D eigenvalue weighted by Crippen LogP contribution is -2.43. The van der Waals surface area contributed by atoms with Crippen LogP contribution in [0, 0.1) is 5.92 Å². The summed E-state index contributed by atoms with van der Waals surface area (Å²) in [5.74, 6) is -0.224. The molecule has 0 aromatic carbocycles. The van der Waals surface area contributed by atoms with E-state index in [1.54, 1.807) is 37.5 Å². The van der Waals surface area contributed by atoms with Crippen LogP contribution in [0.1, 0.15) is 27.2 Å². The van der Waals surface area contributed by atoms with Crippen LogP contribution < -0.4 is 10.6 Å².